The Kier molecular flexibility index (Phi) is 2.40. The molecule has 0 saturated carbocycles. The molecule has 3 rings (SSSR count). The molecule has 1 amide bonds. The Hall–Kier alpha value is -1.36. The molecule has 0 aliphatic carbocycles. The third-order valence-electron chi connectivity index (χ3n) is 3.45. The van der Waals surface area contributed by atoms with Crippen LogP contribution in [0.2, 0.25) is 0 Å². The summed E-state index contributed by atoms with van der Waals surface area (Å²) in [6, 6.07) is 0.395. The van der Waals surface area contributed by atoms with Crippen LogP contribution in [0.3, 0.4) is 0 Å². The third kappa shape index (κ3) is 1.61. The van der Waals surface area contributed by atoms with Crippen molar-refractivity contribution in [3.8, 4) is 0 Å². The van der Waals surface area contributed by atoms with E-state index in [-0.39, 0.29) is 5.91 Å². The highest BCUT2D eigenvalue weighted by molar-refractivity contribution is 5.76. The molecule has 16 heavy (non-hydrogen) atoms. The monoisotopic (exact) mass is 220 g/mol. The second-order valence-electron chi connectivity index (χ2n) is 4.47. The molecule has 2 aliphatic heterocycles. The van der Waals surface area contributed by atoms with Crippen LogP contribution < -0.4 is 10.6 Å². The third-order valence-corrected chi connectivity index (χ3v) is 3.45. The number of imidazole rings is 1. The second-order valence-corrected chi connectivity index (χ2v) is 4.47. The summed E-state index contributed by atoms with van der Waals surface area (Å²) < 4.78 is 2.26. The highest BCUT2D eigenvalue weighted by Crippen LogP contribution is 2.22. The molecule has 0 aromatic carbocycles. The van der Waals surface area contributed by atoms with Gasteiger partial charge in [-0.1, -0.05) is 0 Å². The summed E-state index contributed by atoms with van der Waals surface area (Å²) in [7, 11) is 0. The predicted octanol–water partition coefficient (Wildman–Crippen LogP) is -0.0201. The lowest BCUT2D eigenvalue weighted by Gasteiger charge is -2.26. The Bertz CT molecular complexity index is 402. The molecule has 2 N–H and O–H groups in total. The Labute approximate surface area is 94.2 Å². The van der Waals surface area contributed by atoms with Gasteiger partial charge in [0.1, 0.15) is 0 Å². The van der Waals surface area contributed by atoms with Gasteiger partial charge < -0.3 is 15.2 Å². The number of nitrogens with one attached hydrogen (secondary N) is 2. The summed E-state index contributed by atoms with van der Waals surface area (Å²) in [5, 5.41) is 6.24. The fraction of sp³-hybridized carbons (Fsp3) is 0.636. The predicted molar refractivity (Wildman–Crippen MR) is 58.9 cm³/mol. The zero-order valence-electron chi connectivity index (χ0n) is 9.20. The maximum atomic E-state index is 11.1. The van der Waals surface area contributed by atoms with E-state index in [1.54, 1.807) is 0 Å². The van der Waals surface area contributed by atoms with Crippen LogP contribution in [-0.2, 0) is 17.8 Å². The van der Waals surface area contributed by atoms with Crippen LogP contribution in [0.25, 0.3) is 0 Å². The topological polar surface area (TPSA) is 59.0 Å². The van der Waals surface area contributed by atoms with Gasteiger partial charge in [-0.25, -0.2) is 4.98 Å². The zero-order chi connectivity index (χ0) is 11.0. The quantitative estimate of drug-likeness (QED) is 0.699. The van der Waals surface area contributed by atoms with E-state index < -0.39 is 0 Å². The molecule has 0 spiro atoms. The number of rotatable bonds is 1. The molecular weight excluding hydrogens is 204 g/mol. The first-order valence-electron chi connectivity index (χ1n) is 5.86. The van der Waals surface area contributed by atoms with Crippen LogP contribution in [0, 0.1) is 0 Å². The van der Waals surface area contributed by atoms with Crippen molar-refractivity contribution in [3.63, 3.8) is 0 Å². The smallest absolute Gasteiger partial charge is 0.220 e. The zero-order valence-corrected chi connectivity index (χ0v) is 9.20. The van der Waals surface area contributed by atoms with Crippen LogP contribution in [0.15, 0.2) is 6.33 Å². The Morgan fingerprint density at radius 2 is 2.38 bits per heavy atom. The summed E-state index contributed by atoms with van der Waals surface area (Å²) in [5.41, 5.74) is 2.52. The summed E-state index contributed by atoms with van der Waals surface area (Å²) in [5.74, 6) is 0.173. The fourth-order valence-corrected chi connectivity index (χ4v) is 2.53. The van der Waals surface area contributed by atoms with Gasteiger partial charge in [0.2, 0.25) is 5.91 Å². The van der Waals surface area contributed by atoms with Crippen LogP contribution in [0.5, 0.6) is 0 Å². The number of fused-ring (bicyclic) bond motifs is 1. The van der Waals surface area contributed by atoms with Gasteiger partial charge in [-0.2, -0.15) is 0 Å². The summed E-state index contributed by atoms with van der Waals surface area (Å²) >= 11 is 0. The lowest BCUT2D eigenvalue weighted by Crippen LogP contribution is -2.37. The molecule has 0 radical (unpaired) electrons. The fourth-order valence-electron chi connectivity index (χ4n) is 2.53. The standard InChI is InChI=1S/C11H16N4O/c16-11-2-1-8(5-13-11)15-7-14-9-6-12-4-3-10(9)15/h7-8,12H,1-6H2,(H,13,16). The number of nitrogens with zero attached hydrogens (tertiary/aromatic N) is 2. The van der Waals surface area contributed by atoms with Gasteiger partial charge in [0.15, 0.2) is 0 Å². The highest BCUT2D eigenvalue weighted by Gasteiger charge is 2.23. The average Bonchev–Trinajstić information content (AvgIpc) is 2.74. The molecule has 1 saturated heterocycles. The van der Waals surface area contributed by atoms with Gasteiger partial charge in [0.25, 0.3) is 0 Å². The van der Waals surface area contributed by atoms with E-state index in [1.165, 1.54) is 11.4 Å². The normalized spacial score (nSPS) is 25.0. The molecule has 2 aliphatic rings. The summed E-state index contributed by atoms with van der Waals surface area (Å²) in [6.45, 7) is 2.65. The van der Waals surface area contributed by atoms with Gasteiger partial charge in [-0.05, 0) is 6.42 Å². The molecule has 1 unspecified atom stereocenters. The average molecular weight is 220 g/mol. The van der Waals surface area contributed by atoms with E-state index in [9.17, 15) is 4.79 Å². The van der Waals surface area contributed by atoms with Crippen molar-refractivity contribution in [2.45, 2.75) is 31.8 Å². The molecule has 1 atom stereocenters. The number of amides is 1. The molecule has 5 nitrogen and oxygen atoms in total. The number of piperidine rings is 1. The molecule has 3 heterocycles. The Morgan fingerprint density at radius 1 is 1.44 bits per heavy atom. The molecule has 0 bridgehead atoms. The molecule has 1 aromatic rings. The summed E-state index contributed by atoms with van der Waals surface area (Å²) in [6.07, 6.45) is 4.54. The van der Waals surface area contributed by atoms with Gasteiger partial charge in [0.05, 0.1) is 18.1 Å². The minimum Gasteiger partial charge on any atom is -0.354 e. The highest BCUT2D eigenvalue weighted by atomic mass is 16.1. The lowest BCUT2D eigenvalue weighted by atomic mass is 10.1. The first-order chi connectivity index (χ1) is 7.84. The number of hydrogen-bond donors (Lipinski definition) is 2. The van der Waals surface area contributed by atoms with Gasteiger partial charge >= 0.3 is 0 Å². The maximum Gasteiger partial charge on any atom is 0.220 e. The van der Waals surface area contributed by atoms with E-state index in [4.69, 9.17) is 0 Å². The molecular formula is C11H16N4O. The summed E-state index contributed by atoms with van der Waals surface area (Å²) in [4.78, 5) is 15.6. The van der Waals surface area contributed by atoms with Gasteiger partial charge in [-0.15, -0.1) is 0 Å². The van der Waals surface area contributed by atoms with Crippen LogP contribution >= 0.6 is 0 Å². The first-order valence-corrected chi connectivity index (χ1v) is 5.86. The van der Waals surface area contributed by atoms with Crippen molar-refractivity contribution in [1.29, 1.82) is 0 Å². The first kappa shape index (κ1) is 9.84. The van der Waals surface area contributed by atoms with Crippen molar-refractivity contribution in [1.82, 2.24) is 20.2 Å². The van der Waals surface area contributed by atoms with Crippen LogP contribution in [0.4, 0.5) is 0 Å². The molecule has 5 heteroatoms. The molecule has 1 aromatic heterocycles. The number of hydrogen-bond acceptors (Lipinski definition) is 3. The Balaban J connectivity index is 1.83. The SMILES string of the molecule is O=C1CCC(n2cnc3c2CCNC3)CN1. The Morgan fingerprint density at radius 3 is 3.19 bits per heavy atom. The lowest BCUT2D eigenvalue weighted by molar-refractivity contribution is -0.122. The van der Waals surface area contributed by atoms with E-state index in [0.717, 1.165) is 32.5 Å². The van der Waals surface area contributed by atoms with Crippen LogP contribution in [0.1, 0.15) is 30.3 Å². The van der Waals surface area contributed by atoms with Crippen molar-refractivity contribution < 1.29 is 4.79 Å². The van der Waals surface area contributed by atoms with Crippen molar-refractivity contribution in [3.05, 3.63) is 17.7 Å². The maximum absolute atomic E-state index is 11.1. The van der Waals surface area contributed by atoms with Crippen LogP contribution in [-0.4, -0.2) is 28.5 Å². The second kappa shape index (κ2) is 3.90. The van der Waals surface area contributed by atoms with Gasteiger partial charge in [-0.3, -0.25) is 4.79 Å². The van der Waals surface area contributed by atoms with E-state index in [1.807, 2.05) is 6.33 Å². The van der Waals surface area contributed by atoms with Crippen molar-refractivity contribution in [2.24, 2.45) is 0 Å². The minimum atomic E-state index is 0.173. The largest absolute Gasteiger partial charge is 0.354 e. The van der Waals surface area contributed by atoms with Gasteiger partial charge in [0, 0.05) is 38.2 Å². The van der Waals surface area contributed by atoms with Crippen molar-refractivity contribution >= 4 is 5.91 Å². The van der Waals surface area contributed by atoms with E-state index >= 15 is 0 Å². The number of carbonyl (C=O) groups is 1. The minimum absolute atomic E-state index is 0.173. The van der Waals surface area contributed by atoms with Crippen molar-refractivity contribution in [2.75, 3.05) is 13.1 Å². The molecule has 1 fully saturated rings. The van der Waals surface area contributed by atoms with E-state index in [2.05, 4.69) is 20.2 Å². The molecule has 86 valence electrons. The van der Waals surface area contributed by atoms with E-state index in [0.29, 0.717) is 12.5 Å². The number of carbonyl (C=O) groups excluding carboxylic acids is 1. The number of aromatic nitrogens is 2.